The Hall–Kier alpha value is -0.870. The Morgan fingerprint density at radius 1 is 1.30 bits per heavy atom. The third kappa shape index (κ3) is 3.61. The number of likely N-dealkylation sites (tertiary alicyclic amines) is 1. The van der Waals surface area contributed by atoms with Crippen LogP contribution in [0.1, 0.15) is 37.0 Å². The molecule has 2 aliphatic rings. The smallest absolute Gasteiger partial charge is 0.234 e. The van der Waals surface area contributed by atoms with Crippen LogP contribution in [-0.4, -0.2) is 30.4 Å². The van der Waals surface area contributed by atoms with Gasteiger partial charge in [-0.3, -0.25) is 9.69 Å². The first kappa shape index (κ1) is 14.1. The average molecular weight is 292 g/mol. The lowest BCUT2D eigenvalue weighted by Gasteiger charge is -2.41. The zero-order valence-corrected chi connectivity index (χ0v) is 12.8. The highest BCUT2D eigenvalue weighted by Crippen LogP contribution is 2.35. The van der Waals surface area contributed by atoms with Gasteiger partial charge in [-0.25, -0.2) is 0 Å². The molecule has 0 aromatic carbocycles. The van der Waals surface area contributed by atoms with Crippen molar-refractivity contribution in [3.63, 3.8) is 0 Å². The van der Waals surface area contributed by atoms with E-state index in [9.17, 15) is 4.79 Å². The second kappa shape index (κ2) is 6.72. The molecule has 3 nitrogen and oxygen atoms in total. The Kier molecular flexibility index (Phi) is 4.73. The van der Waals surface area contributed by atoms with Crippen LogP contribution in [0.15, 0.2) is 17.5 Å². The van der Waals surface area contributed by atoms with Gasteiger partial charge in [-0.1, -0.05) is 25.3 Å². The Labute approximate surface area is 125 Å². The minimum atomic E-state index is 0.174. The van der Waals surface area contributed by atoms with Crippen molar-refractivity contribution in [2.45, 2.75) is 38.6 Å². The normalized spacial score (nSPS) is 27.0. The van der Waals surface area contributed by atoms with Crippen molar-refractivity contribution in [3.05, 3.63) is 22.4 Å². The van der Waals surface area contributed by atoms with Crippen molar-refractivity contribution < 1.29 is 4.79 Å². The number of carbonyl (C=O) groups is 1. The second-order valence-electron chi connectivity index (χ2n) is 6.18. The molecule has 1 saturated heterocycles. The van der Waals surface area contributed by atoms with E-state index in [1.165, 1.54) is 37.0 Å². The average Bonchev–Trinajstić information content (AvgIpc) is 2.98. The number of thiophene rings is 1. The van der Waals surface area contributed by atoms with Crippen LogP contribution in [0.5, 0.6) is 0 Å². The zero-order chi connectivity index (χ0) is 13.8. The van der Waals surface area contributed by atoms with Crippen LogP contribution in [0.25, 0.3) is 0 Å². The fourth-order valence-electron chi connectivity index (χ4n) is 3.68. The molecule has 1 saturated carbocycles. The predicted octanol–water partition coefficient (Wildman–Crippen LogP) is 2.88. The number of hydrogen-bond donors (Lipinski definition) is 1. The van der Waals surface area contributed by atoms with Gasteiger partial charge in [-0.15, -0.1) is 11.3 Å². The van der Waals surface area contributed by atoms with Crippen LogP contribution in [-0.2, 0) is 11.3 Å². The van der Waals surface area contributed by atoms with Crippen molar-refractivity contribution in [1.29, 1.82) is 0 Å². The molecular weight excluding hydrogens is 268 g/mol. The van der Waals surface area contributed by atoms with Gasteiger partial charge in [-0.05, 0) is 42.7 Å². The van der Waals surface area contributed by atoms with Gasteiger partial charge in [0.1, 0.15) is 0 Å². The number of rotatable bonds is 4. The Morgan fingerprint density at radius 2 is 2.15 bits per heavy atom. The molecule has 2 atom stereocenters. The minimum Gasteiger partial charge on any atom is -0.350 e. The van der Waals surface area contributed by atoms with E-state index in [1.54, 1.807) is 11.3 Å². The molecule has 1 aromatic rings. The van der Waals surface area contributed by atoms with Crippen LogP contribution in [0, 0.1) is 11.8 Å². The maximum Gasteiger partial charge on any atom is 0.234 e. The van der Waals surface area contributed by atoms with Gasteiger partial charge in [-0.2, -0.15) is 0 Å². The van der Waals surface area contributed by atoms with E-state index in [1.807, 2.05) is 6.07 Å². The Bertz CT molecular complexity index is 432. The molecule has 2 unspecified atom stereocenters. The summed E-state index contributed by atoms with van der Waals surface area (Å²) in [5.41, 5.74) is 0. The summed E-state index contributed by atoms with van der Waals surface area (Å²) in [7, 11) is 0. The van der Waals surface area contributed by atoms with Crippen LogP contribution >= 0.6 is 11.3 Å². The maximum atomic E-state index is 12.0. The summed E-state index contributed by atoms with van der Waals surface area (Å²) in [6, 6.07) is 4.10. The van der Waals surface area contributed by atoms with Gasteiger partial charge in [0.25, 0.3) is 0 Å². The molecule has 1 aliphatic heterocycles. The van der Waals surface area contributed by atoms with E-state index in [0.29, 0.717) is 13.1 Å². The Morgan fingerprint density at radius 3 is 2.95 bits per heavy atom. The van der Waals surface area contributed by atoms with Crippen LogP contribution in [0.2, 0.25) is 0 Å². The summed E-state index contributed by atoms with van der Waals surface area (Å²) in [4.78, 5) is 15.6. The first-order valence-corrected chi connectivity index (χ1v) is 8.70. The molecule has 20 heavy (non-hydrogen) atoms. The number of fused-ring (bicyclic) bond motifs is 1. The maximum absolute atomic E-state index is 12.0. The molecule has 1 N–H and O–H groups in total. The third-order valence-corrected chi connectivity index (χ3v) is 5.66. The van der Waals surface area contributed by atoms with Crippen molar-refractivity contribution in [2.75, 3.05) is 19.6 Å². The lowest BCUT2D eigenvalue weighted by Crippen LogP contribution is -2.46. The molecule has 4 heteroatoms. The molecule has 3 rings (SSSR count). The van der Waals surface area contributed by atoms with Crippen molar-refractivity contribution in [1.82, 2.24) is 10.2 Å². The molecular formula is C16H24N2OS. The van der Waals surface area contributed by atoms with Crippen molar-refractivity contribution in [2.24, 2.45) is 11.8 Å². The minimum absolute atomic E-state index is 0.174. The number of hydrogen-bond acceptors (Lipinski definition) is 3. The summed E-state index contributed by atoms with van der Waals surface area (Å²) in [5.74, 6) is 1.96. The van der Waals surface area contributed by atoms with E-state index in [-0.39, 0.29) is 5.91 Å². The molecule has 0 bridgehead atoms. The van der Waals surface area contributed by atoms with E-state index >= 15 is 0 Å². The highest BCUT2D eigenvalue weighted by molar-refractivity contribution is 7.09. The monoisotopic (exact) mass is 292 g/mol. The molecule has 1 aromatic heterocycles. The van der Waals surface area contributed by atoms with Crippen molar-refractivity contribution in [3.8, 4) is 0 Å². The van der Waals surface area contributed by atoms with E-state index in [4.69, 9.17) is 0 Å². The summed E-state index contributed by atoms with van der Waals surface area (Å²) in [5, 5.41) is 5.09. The summed E-state index contributed by atoms with van der Waals surface area (Å²) < 4.78 is 0. The van der Waals surface area contributed by atoms with Gasteiger partial charge in [0.2, 0.25) is 5.91 Å². The van der Waals surface area contributed by atoms with Crippen molar-refractivity contribution >= 4 is 17.2 Å². The lowest BCUT2D eigenvalue weighted by molar-refractivity contribution is -0.123. The van der Waals surface area contributed by atoms with E-state index in [0.717, 1.165) is 24.9 Å². The van der Waals surface area contributed by atoms with E-state index in [2.05, 4.69) is 21.7 Å². The fraction of sp³-hybridized carbons (Fsp3) is 0.688. The number of carbonyl (C=O) groups excluding carboxylic acids is 1. The largest absolute Gasteiger partial charge is 0.350 e. The van der Waals surface area contributed by atoms with Crippen LogP contribution < -0.4 is 5.32 Å². The van der Waals surface area contributed by atoms with Gasteiger partial charge >= 0.3 is 0 Å². The fourth-order valence-corrected chi connectivity index (χ4v) is 4.32. The predicted molar refractivity (Wildman–Crippen MR) is 82.7 cm³/mol. The lowest BCUT2D eigenvalue weighted by atomic mass is 9.75. The highest BCUT2D eigenvalue weighted by atomic mass is 32.1. The summed E-state index contributed by atoms with van der Waals surface area (Å²) >= 11 is 1.70. The standard InChI is InChI=1S/C16H24N2OS/c19-16(17-10-15-6-3-9-20-15)12-18-8-7-13-4-1-2-5-14(13)11-18/h3,6,9,13-14H,1-2,4-5,7-8,10-12H2,(H,17,19). The molecule has 1 aliphatic carbocycles. The van der Waals surface area contributed by atoms with Crippen LogP contribution in [0.4, 0.5) is 0 Å². The van der Waals surface area contributed by atoms with Crippen LogP contribution in [0.3, 0.4) is 0 Å². The highest BCUT2D eigenvalue weighted by Gasteiger charge is 2.31. The number of amides is 1. The molecule has 1 amide bonds. The Balaban J connectivity index is 1.42. The van der Waals surface area contributed by atoms with Gasteiger partial charge < -0.3 is 5.32 Å². The van der Waals surface area contributed by atoms with Gasteiger partial charge in [0, 0.05) is 11.4 Å². The summed E-state index contributed by atoms with van der Waals surface area (Å²) in [6.45, 7) is 3.50. The number of nitrogens with zero attached hydrogens (tertiary/aromatic N) is 1. The molecule has 110 valence electrons. The number of piperidine rings is 1. The first-order chi connectivity index (χ1) is 9.81. The SMILES string of the molecule is O=C(CN1CCC2CCCCC2C1)NCc1cccs1. The third-order valence-electron chi connectivity index (χ3n) is 4.78. The molecule has 2 fully saturated rings. The molecule has 0 radical (unpaired) electrons. The zero-order valence-electron chi connectivity index (χ0n) is 12.0. The van der Waals surface area contributed by atoms with Gasteiger partial charge in [0.05, 0.1) is 13.1 Å². The summed E-state index contributed by atoms with van der Waals surface area (Å²) in [6.07, 6.45) is 6.89. The molecule has 2 heterocycles. The quantitative estimate of drug-likeness (QED) is 0.925. The second-order valence-corrected chi connectivity index (χ2v) is 7.22. The molecule has 0 spiro atoms. The van der Waals surface area contributed by atoms with E-state index < -0.39 is 0 Å². The number of nitrogens with one attached hydrogen (secondary N) is 1. The first-order valence-electron chi connectivity index (χ1n) is 7.82. The van der Waals surface area contributed by atoms with Gasteiger partial charge in [0.15, 0.2) is 0 Å². The topological polar surface area (TPSA) is 32.3 Å².